The molecule has 2 unspecified atom stereocenters. The molecule has 4 rings (SSSR count). The van der Waals surface area contributed by atoms with E-state index in [9.17, 15) is 9.59 Å². The van der Waals surface area contributed by atoms with E-state index in [1.54, 1.807) is 17.0 Å². The molecule has 2 aliphatic rings. The molecule has 1 amide bonds. The summed E-state index contributed by atoms with van der Waals surface area (Å²) in [6.07, 6.45) is -0.829. The van der Waals surface area contributed by atoms with Crippen molar-refractivity contribution in [2.24, 2.45) is 0 Å². The van der Waals surface area contributed by atoms with E-state index in [2.05, 4.69) is 0 Å². The van der Waals surface area contributed by atoms with Crippen LogP contribution in [0.4, 0.5) is 4.79 Å². The minimum Gasteiger partial charge on any atom is -0.485 e. The summed E-state index contributed by atoms with van der Waals surface area (Å²) < 4.78 is 21.6. The van der Waals surface area contributed by atoms with E-state index in [4.69, 9.17) is 30.5 Å². The second-order valence-electron chi connectivity index (χ2n) is 7.35. The van der Waals surface area contributed by atoms with Crippen LogP contribution in [-0.4, -0.2) is 49.4 Å². The summed E-state index contributed by atoms with van der Waals surface area (Å²) >= 11 is 6.06. The summed E-state index contributed by atoms with van der Waals surface area (Å²) in [5.74, 6) is 0.593. The Morgan fingerprint density at radius 2 is 2.07 bits per heavy atom. The number of benzene rings is 2. The zero-order valence-electron chi connectivity index (χ0n) is 16.7. The van der Waals surface area contributed by atoms with Crippen LogP contribution in [0.3, 0.4) is 0 Å². The molecule has 0 saturated carbocycles. The van der Waals surface area contributed by atoms with Gasteiger partial charge in [0.25, 0.3) is 0 Å². The van der Waals surface area contributed by atoms with Crippen molar-refractivity contribution in [3.05, 3.63) is 58.6 Å². The van der Waals surface area contributed by atoms with E-state index in [-0.39, 0.29) is 24.8 Å². The molecule has 2 aromatic carbocycles. The number of fused-ring (bicyclic) bond motifs is 1. The Kier molecular flexibility index (Phi) is 5.72. The van der Waals surface area contributed by atoms with Crippen molar-refractivity contribution < 1.29 is 28.5 Å². The summed E-state index contributed by atoms with van der Waals surface area (Å²) in [6, 6.07) is 12.8. The minimum atomic E-state index is -0.768. The number of hydrogen-bond donors (Lipinski definition) is 0. The molecule has 1 fully saturated rings. The van der Waals surface area contributed by atoms with Crippen molar-refractivity contribution in [2.75, 3.05) is 20.3 Å². The van der Waals surface area contributed by atoms with Gasteiger partial charge >= 0.3 is 12.1 Å². The largest absolute Gasteiger partial charge is 0.485 e. The molecule has 7 nitrogen and oxygen atoms in total. The van der Waals surface area contributed by atoms with Gasteiger partial charge in [-0.05, 0) is 48.7 Å². The summed E-state index contributed by atoms with van der Waals surface area (Å²) in [6.45, 7) is 2.54. The Morgan fingerprint density at radius 3 is 2.83 bits per heavy atom. The molecule has 0 aromatic heterocycles. The molecule has 0 aliphatic carbocycles. The number of halogens is 1. The van der Waals surface area contributed by atoms with Crippen LogP contribution < -0.4 is 9.47 Å². The van der Waals surface area contributed by atoms with E-state index in [1.165, 1.54) is 7.11 Å². The molecule has 0 radical (unpaired) electrons. The van der Waals surface area contributed by atoms with Gasteiger partial charge in [0, 0.05) is 11.1 Å². The SMILES string of the molecule is COC(=O)C1COc2cc(C[C@H](C)N3CC(c4cccc(Cl)c4)OC3=O)ccc2O1. The van der Waals surface area contributed by atoms with Crippen molar-refractivity contribution in [1.82, 2.24) is 4.90 Å². The van der Waals surface area contributed by atoms with Crippen LogP contribution in [0, 0.1) is 0 Å². The third-order valence-electron chi connectivity index (χ3n) is 5.26. The normalized spacial score (nSPS) is 21.2. The highest BCUT2D eigenvalue weighted by Gasteiger charge is 2.35. The molecule has 2 aromatic rings. The quantitative estimate of drug-likeness (QED) is 0.671. The van der Waals surface area contributed by atoms with Gasteiger partial charge in [0.1, 0.15) is 12.7 Å². The lowest BCUT2D eigenvalue weighted by Gasteiger charge is -2.26. The van der Waals surface area contributed by atoms with Crippen molar-refractivity contribution in [3.63, 3.8) is 0 Å². The highest BCUT2D eigenvalue weighted by Crippen LogP contribution is 2.34. The third kappa shape index (κ3) is 4.16. The van der Waals surface area contributed by atoms with Crippen LogP contribution in [0.1, 0.15) is 24.2 Å². The number of carbonyl (C=O) groups is 2. The van der Waals surface area contributed by atoms with Gasteiger partial charge in [0.05, 0.1) is 13.7 Å². The Morgan fingerprint density at radius 1 is 1.23 bits per heavy atom. The number of amides is 1. The molecule has 2 aliphatic heterocycles. The van der Waals surface area contributed by atoms with Crippen molar-refractivity contribution in [3.8, 4) is 11.5 Å². The highest BCUT2D eigenvalue weighted by molar-refractivity contribution is 6.30. The maximum absolute atomic E-state index is 12.4. The number of hydrogen-bond acceptors (Lipinski definition) is 6. The number of ether oxygens (including phenoxy) is 4. The van der Waals surface area contributed by atoms with Crippen LogP contribution in [0.15, 0.2) is 42.5 Å². The first-order chi connectivity index (χ1) is 14.4. The first kappa shape index (κ1) is 20.3. The number of cyclic esters (lactones) is 1. The van der Waals surface area contributed by atoms with Gasteiger partial charge in [0.2, 0.25) is 6.10 Å². The van der Waals surface area contributed by atoms with Crippen molar-refractivity contribution in [1.29, 1.82) is 0 Å². The topological polar surface area (TPSA) is 74.3 Å². The second-order valence-corrected chi connectivity index (χ2v) is 7.79. The molecule has 8 heteroatoms. The van der Waals surface area contributed by atoms with Gasteiger partial charge in [-0.25, -0.2) is 9.59 Å². The zero-order chi connectivity index (χ0) is 21.3. The number of methoxy groups -OCH3 is 1. The van der Waals surface area contributed by atoms with Crippen LogP contribution in [0.5, 0.6) is 11.5 Å². The summed E-state index contributed by atoms with van der Waals surface area (Å²) in [5, 5.41) is 0.612. The van der Waals surface area contributed by atoms with Crippen LogP contribution in [0.25, 0.3) is 0 Å². The maximum Gasteiger partial charge on any atom is 0.410 e. The zero-order valence-corrected chi connectivity index (χ0v) is 17.4. The predicted molar refractivity (Wildman–Crippen MR) is 109 cm³/mol. The Labute approximate surface area is 179 Å². The fourth-order valence-electron chi connectivity index (χ4n) is 3.66. The van der Waals surface area contributed by atoms with Crippen molar-refractivity contribution >= 4 is 23.7 Å². The lowest BCUT2D eigenvalue weighted by molar-refractivity contribution is -0.151. The first-order valence-electron chi connectivity index (χ1n) is 9.67. The number of carbonyl (C=O) groups excluding carboxylic acids is 2. The molecule has 3 atom stereocenters. The van der Waals surface area contributed by atoms with Gasteiger partial charge < -0.3 is 23.8 Å². The predicted octanol–water partition coefficient (Wildman–Crippen LogP) is 3.78. The van der Waals surface area contributed by atoms with Gasteiger partial charge in [-0.1, -0.05) is 29.8 Å². The molecule has 0 bridgehead atoms. The second kappa shape index (κ2) is 8.44. The summed E-state index contributed by atoms with van der Waals surface area (Å²) in [7, 11) is 1.31. The molecule has 2 heterocycles. The van der Waals surface area contributed by atoms with Crippen LogP contribution in [0.2, 0.25) is 5.02 Å². The Bertz CT molecular complexity index is 964. The van der Waals surface area contributed by atoms with E-state index in [0.717, 1.165) is 11.1 Å². The molecule has 158 valence electrons. The Balaban J connectivity index is 1.41. The third-order valence-corrected chi connectivity index (χ3v) is 5.49. The number of esters is 1. The standard InChI is InChI=1S/C22H22ClNO6/c1-13(24-11-19(30-22(24)26)15-4-3-5-16(23)10-15)8-14-6-7-17-18(9-14)28-12-20(29-17)21(25)27-2/h3-7,9-10,13,19-20H,8,11-12H2,1-2H3/t13-,19?,20?/m0/s1. The van der Waals surface area contributed by atoms with Gasteiger partial charge in [-0.2, -0.15) is 0 Å². The monoisotopic (exact) mass is 431 g/mol. The molecular formula is C22H22ClNO6. The number of rotatable bonds is 5. The average molecular weight is 432 g/mol. The van der Waals surface area contributed by atoms with E-state index in [1.807, 2.05) is 37.3 Å². The smallest absolute Gasteiger partial charge is 0.410 e. The van der Waals surface area contributed by atoms with Gasteiger partial charge in [-0.3, -0.25) is 0 Å². The fraction of sp³-hybridized carbons (Fsp3) is 0.364. The fourth-order valence-corrected chi connectivity index (χ4v) is 3.86. The molecular weight excluding hydrogens is 410 g/mol. The average Bonchev–Trinajstić information content (AvgIpc) is 3.14. The molecule has 0 N–H and O–H groups in total. The minimum absolute atomic E-state index is 0.0768. The lowest BCUT2D eigenvalue weighted by atomic mass is 10.0. The van der Waals surface area contributed by atoms with Crippen LogP contribution >= 0.6 is 11.6 Å². The van der Waals surface area contributed by atoms with Crippen molar-refractivity contribution in [2.45, 2.75) is 31.6 Å². The molecule has 30 heavy (non-hydrogen) atoms. The summed E-state index contributed by atoms with van der Waals surface area (Å²) in [4.78, 5) is 25.8. The highest BCUT2D eigenvalue weighted by atomic mass is 35.5. The van der Waals surface area contributed by atoms with Crippen LogP contribution in [-0.2, 0) is 20.7 Å². The Hall–Kier alpha value is -2.93. The van der Waals surface area contributed by atoms with E-state index < -0.39 is 12.1 Å². The summed E-state index contributed by atoms with van der Waals surface area (Å²) in [5.41, 5.74) is 1.87. The van der Waals surface area contributed by atoms with Gasteiger partial charge in [0.15, 0.2) is 11.5 Å². The maximum atomic E-state index is 12.4. The molecule has 1 saturated heterocycles. The number of nitrogens with zero attached hydrogens (tertiary/aromatic N) is 1. The van der Waals surface area contributed by atoms with E-state index >= 15 is 0 Å². The van der Waals surface area contributed by atoms with Gasteiger partial charge in [-0.15, -0.1) is 0 Å². The molecule has 0 spiro atoms. The lowest BCUT2D eigenvalue weighted by Crippen LogP contribution is -2.37. The van der Waals surface area contributed by atoms with E-state index in [0.29, 0.717) is 29.5 Å². The first-order valence-corrected chi connectivity index (χ1v) is 10.1.